The molecule has 1 unspecified atom stereocenters. The van der Waals surface area contributed by atoms with E-state index in [0.29, 0.717) is 12.0 Å². The molecule has 0 N–H and O–H groups in total. The lowest BCUT2D eigenvalue weighted by atomic mass is 10.1. The zero-order chi connectivity index (χ0) is 10.7. The van der Waals surface area contributed by atoms with Crippen LogP contribution in [0.15, 0.2) is 0 Å². The van der Waals surface area contributed by atoms with Gasteiger partial charge in [-0.2, -0.15) is 0 Å². The molecular formula is C12H22FNO. The fourth-order valence-electron chi connectivity index (χ4n) is 2.36. The van der Waals surface area contributed by atoms with Crippen LogP contribution in [-0.4, -0.2) is 43.9 Å². The molecule has 0 radical (unpaired) electrons. The number of nitrogens with zero attached hydrogens (tertiary/aromatic N) is 1. The molecule has 0 spiro atoms. The van der Waals surface area contributed by atoms with E-state index < -0.39 is 6.17 Å². The molecule has 1 heterocycles. The van der Waals surface area contributed by atoms with Crippen molar-refractivity contribution in [3.05, 3.63) is 0 Å². The molecule has 1 saturated carbocycles. The molecule has 0 bridgehead atoms. The van der Waals surface area contributed by atoms with Gasteiger partial charge in [-0.3, -0.25) is 4.90 Å². The first-order chi connectivity index (χ1) is 7.24. The Morgan fingerprint density at radius 3 is 2.80 bits per heavy atom. The molecule has 1 aliphatic heterocycles. The van der Waals surface area contributed by atoms with Crippen molar-refractivity contribution in [2.24, 2.45) is 5.41 Å². The Labute approximate surface area is 91.8 Å². The highest BCUT2D eigenvalue weighted by atomic mass is 19.1. The molecule has 1 aliphatic carbocycles. The highest BCUT2D eigenvalue weighted by molar-refractivity contribution is 4.96. The molecule has 3 heteroatoms. The quantitative estimate of drug-likeness (QED) is 0.630. The van der Waals surface area contributed by atoms with Crippen LogP contribution < -0.4 is 0 Å². The molecule has 0 aromatic rings. The van der Waals surface area contributed by atoms with Gasteiger partial charge in [0.15, 0.2) is 0 Å². The molecule has 2 rings (SSSR count). The summed E-state index contributed by atoms with van der Waals surface area (Å²) in [6.07, 6.45) is 3.77. The third-order valence-electron chi connectivity index (χ3n) is 3.49. The first kappa shape index (κ1) is 11.3. The molecule has 0 amide bonds. The smallest absolute Gasteiger partial charge is 0.114 e. The van der Waals surface area contributed by atoms with Gasteiger partial charge in [0.2, 0.25) is 0 Å². The molecule has 2 fully saturated rings. The molecule has 0 aromatic carbocycles. The predicted octanol–water partition coefficient (Wildman–Crippen LogP) is 2.24. The lowest BCUT2D eigenvalue weighted by Crippen LogP contribution is -2.31. The molecule has 88 valence electrons. The second-order valence-electron chi connectivity index (χ2n) is 5.17. The summed E-state index contributed by atoms with van der Waals surface area (Å²) in [5.41, 5.74) is 0.388. The summed E-state index contributed by atoms with van der Waals surface area (Å²) >= 11 is 0. The van der Waals surface area contributed by atoms with Gasteiger partial charge >= 0.3 is 0 Å². The normalized spacial score (nSPS) is 29.6. The second kappa shape index (κ2) is 4.79. The van der Waals surface area contributed by atoms with E-state index in [2.05, 4.69) is 11.8 Å². The Morgan fingerprint density at radius 1 is 1.47 bits per heavy atom. The van der Waals surface area contributed by atoms with E-state index in [9.17, 15) is 4.39 Å². The zero-order valence-corrected chi connectivity index (χ0v) is 9.67. The minimum absolute atomic E-state index is 0.388. The lowest BCUT2D eigenvalue weighted by Gasteiger charge is -2.22. The van der Waals surface area contributed by atoms with Crippen LogP contribution in [-0.2, 0) is 4.74 Å². The highest BCUT2D eigenvalue weighted by Crippen LogP contribution is 2.46. The van der Waals surface area contributed by atoms with Gasteiger partial charge < -0.3 is 4.74 Å². The molecule has 1 saturated heterocycles. The predicted molar refractivity (Wildman–Crippen MR) is 58.7 cm³/mol. The maximum Gasteiger partial charge on any atom is 0.114 e. The van der Waals surface area contributed by atoms with Gasteiger partial charge in [-0.25, -0.2) is 4.39 Å². The minimum atomic E-state index is -0.586. The number of halogens is 1. The van der Waals surface area contributed by atoms with Crippen molar-refractivity contribution in [2.75, 3.05) is 32.8 Å². The third-order valence-corrected chi connectivity index (χ3v) is 3.49. The van der Waals surface area contributed by atoms with E-state index in [0.717, 1.165) is 39.1 Å². The van der Waals surface area contributed by atoms with Crippen molar-refractivity contribution >= 4 is 0 Å². The van der Waals surface area contributed by atoms with Gasteiger partial charge in [0.25, 0.3) is 0 Å². The van der Waals surface area contributed by atoms with E-state index in [1.54, 1.807) is 0 Å². The Morgan fingerprint density at radius 2 is 2.27 bits per heavy atom. The minimum Gasteiger partial charge on any atom is -0.381 e. The van der Waals surface area contributed by atoms with Crippen molar-refractivity contribution in [3.63, 3.8) is 0 Å². The summed E-state index contributed by atoms with van der Waals surface area (Å²) in [5, 5.41) is 0. The number of likely N-dealkylation sites (tertiary alicyclic amines) is 1. The van der Waals surface area contributed by atoms with Crippen LogP contribution in [0, 0.1) is 5.41 Å². The molecule has 2 aliphatic rings. The van der Waals surface area contributed by atoms with E-state index in [1.807, 2.05) is 0 Å². The maximum atomic E-state index is 13.0. The highest BCUT2D eigenvalue weighted by Gasteiger charge is 2.45. The van der Waals surface area contributed by atoms with Crippen LogP contribution in [0.4, 0.5) is 4.39 Å². The van der Waals surface area contributed by atoms with Crippen LogP contribution in [0.2, 0.25) is 0 Å². The van der Waals surface area contributed by atoms with Gasteiger partial charge in [-0.15, -0.1) is 0 Å². The van der Waals surface area contributed by atoms with Crippen molar-refractivity contribution in [1.29, 1.82) is 0 Å². The van der Waals surface area contributed by atoms with Gasteiger partial charge in [-0.1, -0.05) is 6.92 Å². The molecule has 1 atom stereocenters. The van der Waals surface area contributed by atoms with Crippen LogP contribution in [0.1, 0.15) is 32.6 Å². The average Bonchev–Trinajstić information content (AvgIpc) is 2.84. The number of hydrogen-bond acceptors (Lipinski definition) is 2. The van der Waals surface area contributed by atoms with Crippen molar-refractivity contribution in [2.45, 2.75) is 38.8 Å². The summed E-state index contributed by atoms with van der Waals surface area (Å²) in [6.45, 7) is 6.53. The summed E-state index contributed by atoms with van der Waals surface area (Å²) in [6, 6.07) is 0. The zero-order valence-electron chi connectivity index (χ0n) is 9.67. The lowest BCUT2D eigenvalue weighted by molar-refractivity contribution is 0.0740. The maximum absolute atomic E-state index is 13.0. The Kier molecular flexibility index (Phi) is 3.62. The Bertz CT molecular complexity index is 206. The largest absolute Gasteiger partial charge is 0.381 e. The van der Waals surface area contributed by atoms with Gasteiger partial charge in [-0.05, 0) is 25.7 Å². The van der Waals surface area contributed by atoms with Gasteiger partial charge in [0.05, 0.1) is 6.61 Å². The van der Waals surface area contributed by atoms with Gasteiger partial charge in [0, 0.05) is 31.7 Å². The summed E-state index contributed by atoms with van der Waals surface area (Å²) in [7, 11) is 0. The van der Waals surface area contributed by atoms with E-state index in [1.165, 1.54) is 12.8 Å². The first-order valence-corrected chi connectivity index (χ1v) is 6.18. The fraction of sp³-hybridized carbons (Fsp3) is 1.00. The monoisotopic (exact) mass is 215 g/mol. The van der Waals surface area contributed by atoms with Crippen molar-refractivity contribution in [1.82, 2.24) is 4.90 Å². The first-order valence-electron chi connectivity index (χ1n) is 6.18. The summed E-state index contributed by atoms with van der Waals surface area (Å²) < 4.78 is 18.6. The molecule has 2 nitrogen and oxygen atoms in total. The molecule has 15 heavy (non-hydrogen) atoms. The van der Waals surface area contributed by atoms with Crippen molar-refractivity contribution in [3.8, 4) is 0 Å². The summed E-state index contributed by atoms with van der Waals surface area (Å²) in [5.74, 6) is 0. The van der Waals surface area contributed by atoms with Crippen LogP contribution in [0.5, 0.6) is 0 Å². The molecular weight excluding hydrogens is 193 g/mol. The average molecular weight is 215 g/mol. The topological polar surface area (TPSA) is 12.5 Å². The number of ether oxygens (including phenoxy) is 1. The Balaban J connectivity index is 1.69. The standard InChI is InChI=1S/C12H22FNO/c1-2-7-15-10-12(4-5-12)9-14-6-3-11(13)8-14/h11H,2-10H2,1H3. The Hall–Kier alpha value is -0.150. The van der Waals surface area contributed by atoms with E-state index >= 15 is 0 Å². The van der Waals surface area contributed by atoms with Crippen molar-refractivity contribution < 1.29 is 9.13 Å². The summed E-state index contributed by atoms with van der Waals surface area (Å²) in [4.78, 5) is 2.27. The molecule has 0 aromatic heterocycles. The van der Waals surface area contributed by atoms with Crippen LogP contribution >= 0.6 is 0 Å². The van der Waals surface area contributed by atoms with Crippen LogP contribution in [0.3, 0.4) is 0 Å². The SMILES string of the molecule is CCCOCC1(CN2CCC(F)C2)CC1. The number of alkyl halides is 1. The third kappa shape index (κ3) is 3.15. The van der Waals surface area contributed by atoms with E-state index in [4.69, 9.17) is 4.74 Å². The van der Waals surface area contributed by atoms with E-state index in [-0.39, 0.29) is 0 Å². The number of hydrogen-bond donors (Lipinski definition) is 0. The fourth-order valence-corrected chi connectivity index (χ4v) is 2.36. The van der Waals surface area contributed by atoms with Crippen LogP contribution in [0.25, 0.3) is 0 Å². The number of rotatable bonds is 6. The second-order valence-corrected chi connectivity index (χ2v) is 5.17. The van der Waals surface area contributed by atoms with Gasteiger partial charge in [0.1, 0.15) is 6.17 Å².